The molecule has 0 aliphatic carbocycles. The number of rotatable bonds is 5. The number of nitrogens with zero attached hydrogens (tertiary/aromatic N) is 1. The van der Waals surface area contributed by atoms with Crippen molar-refractivity contribution < 1.29 is 18.4 Å². The molecule has 1 saturated heterocycles. The minimum absolute atomic E-state index is 0.0479. The van der Waals surface area contributed by atoms with Crippen molar-refractivity contribution in [3.63, 3.8) is 0 Å². The van der Waals surface area contributed by atoms with Crippen LogP contribution in [0.15, 0.2) is 18.2 Å². The Morgan fingerprint density at radius 2 is 1.96 bits per heavy atom. The molecule has 6 nitrogen and oxygen atoms in total. The third-order valence-electron chi connectivity index (χ3n) is 3.74. The van der Waals surface area contributed by atoms with Crippen molar-refractivity contribution in [3.05, 3.63) is 29.8 Å². The van der Waals surface area contributed by atoms with Crippen molar-refractivity contribution in [1.82, 2.24) is 10.2 Å². The van der Waals surface area contributed by atoms with Gasteiger partial charge in [0.15, 0.2) is 0 Å². The van der Waals surface area contributed by atoms with E-state index in [1.165, 1.54) is 0 Å². The van der Waals surface area contributed by atoms with E-state index in [1.54, 1.807) is 0 Å². The van der Waals surface area contributed by atoms with Crippen LogP contribution in [-0.4, -0.2) is 43.0 Å². The molecule has 0 radical (unpaired) electrons. The fourth-order valence-corrected chi connectivity index (χ4v) is 2.62. The Kier molecular flexibility index (Phi) is 5.86. The molecule has 3 amide bonds. The average Bonchev–Trinajstić information content (AvgIpc) is 2.46. The summed E-state index contributed by atoms with van der Waals surface area (Å²) in [7, 11) is 0. The minimum Gasteiger partial charge on any atom is -0.369 e. The number of hydrogen-bond donors (Lipinski definition) is 3. The maximum absolute atomic E-state index is 13.0. The Bertz CT molecular complexity index is 562. The van der Waals surface area contributed by atoms with E-state index < -0.39 is 17.7 Å². The van der Waals surface area contributed by atoms with Crippen LogP contribution < -0.4 is 16.4 Å². The number of benzene rings is 1. The van der Waals surface area contributed by atoms with Crippen LogP contribution in [0.25, 0.3) is 0 Å². The second-order valence-electron chi connectivity index (χ2n) is 5.58. The molecule has 0 aromatic heterocycles. The molecule has 1 fully saturated rings. The van der Waals surface area contributed by atoms with Crippen molar-refractivity contribution in [2.24, 2.45) is 11.7 Å². The van der Waals surface area contributed by atoms with E-state index in [2.05, 4.69) is 15.5 Å². The summed E-state index contributed by atoms with van der Waals surface area (Å²) in [5, 5.41) is 4.97. The van der Waals surface area contributed by atoms with Crippen molar-refractivity contribution >= 4 is 17.6 Å². The Morgan fingerprint density at radius 1 is 1.26 bits per heavy atom. The summed E-state index contributed by atoms with van der Waals surface area (Å²) in [6, 6.07) is 2.25. The van der Waals surface area contributed by atoms with Gasteiger partial charge in [0, 0.05) is 31.4 Å². The summed E-state index contributed by atoms with van der Waals surface area (Å²) in [5.41, 5.74) is 5.36. The number of hydrogen-bond acceptors (Lipinski definition) is 3. The first kappa shape index (κ1) is 17.1. The van der Waals surface area contributed by atoms with E-state index >= 15 is 0 Å². The molecule has 1 aliphatic heterocycles. The first-order chi connectivity index (χ1) is 10.9. The second-order valence-corrected chi connectivity index (χ2v) is 5.58. The number of halogens is 2. The number of carbonyl (C=O) groups is 2. The summed E-state index contributed by atoms with van der Waals surface area (Å²) in [4.78, 5) is 24.9. The molecule has 1 atom stereocenters. The smallest absolute Gasteiger partial charge is 0.319 e. The van der Waals surface area contributed by atoms with Crippen LogP contribution in [0, 0.1) is 17.6 Å². The maximum Gasteiger partial charge on any atom is 0.319 e. The predicted octanol–water partition coefficient (Wildman–Crippen LogP) is 1.28. The quantitative estimate of drug-likeness (QED) is 0.762. The Hall–Kier alpha value is -2.22. The van der Waals surface area contributed by atoms with Crippen LogP contribution in [0.2, 0.25) is 0 Å². The van der Waals surface area contributed by atoms with Gasteiger partial charge in [-0.15, -0.1) is 0 Å². The van der Waals surface area contributed by atoms with Crippen LogP contribution in [-0.2, 0) is 4.79 Å². The number of anilines is 1. The normalized spacial score (nSPS) is 18.4. The zero-order valence-electron chi connectivity index (χ0n) is 12.6. The zero-order chi connectivity index (χ0) is 16.8. The van der Waals surface area contributed by atoms with Crippen molar-refractivity contribution in [1.29, 1.82) is 0 Å². The number of nitrogens with one attached hydrogen (secondary N) is 2. The summed E-state index contributed by atoms with van der Waals surface area (Å²) in [5.74, 6) is -1.96. The van der Waals surface area contributed by atoms with Gasteiger partial charge in [0.05, 0.1) is 5.92 Å². The highest BCUT2D eigenvalue weighted by Crippen LogP contribution is 2.15. The van der Waals surface area contributed by atoms with Gasteiger partial charge < -0.3 is 21.3 Å². The van der Waals surface area contributed by atoms with Gasteiger partial charge in [0.2, 0.25) is 5.91 Å². The van der Waals surface area contributed by atoms with Crippen LogP contribution >= 0.6 is 0 Å². The van der Waals surface area contributed by atoms with Gasteiger partial charge in [-0.05, 0) is 31.5 Å². The van der Waals surface area contributed by atoms with E-state index in [1.807, 2.05) is 0 Å². The number of piperidine rings is 1. The second kappa shape index (κ2) is 7.87. The lowest BCUT2D eigenvalue weighted by Crippen LogP contribution is -2.44. The van der Waals surface area contributed by atoms with Gasteiger partial charge in [-0.2, -0.15) is 0 Å². The number of primary amides is 1. The van der Waals surface area contributed by atoms with Crippen LogP contribution in [0.3, 0.4) is 0 Å². The standard InChI is InChI=1S/C15H20F2N4O2/c16-11-6-12(17)8-13(7-11)20-15(23)19-3-5-21-4-1-2-10(9-21)14(18)22/h6-8,10H,1-5,9H2,(H2,18,22)(H2,19,20,23)/t10-/m1/s1. The van der Waals surface area contributed by atoms with E-state index in [9.17, 15) is 18.4 Å². The Balaban J connectivity index is 1.73. The SMILES string of the molecule is NC(=O)[C@@H]1CCCN(CCNC(=O)Nc2cc(F)cc(F)c2)C1. The molecule has 1 aliphatic rings. The number of carbonyl (C=O) groups excluding carboxylic acids is 2. The van der Waals surface area contributed by atoms with Gasteiger partial charge in [-0.25, -0.2) is 13.6 Å². The molecule has 23 heavy (non-hydrogen) atoms. The molecule has 1 heterocycles. The zero-order valence-corrected chi connectivity index (χ0v) is 12.6. The van der Waals surface area contributed by atoms with Gasteiger partial charge in [0.1, 0.15) is 11.6 Å². The molecule has 0 spiro atoms. The monoisotopic (exact) mass is 326 g/mol. The first-order valence-corrected chi connectivity index (χ1v) is 7.46. The fourth-order valence-electron chi connectivity index (χ4n) is 2.62. The summed E-state index contributed by atoms with van der Waals surface area (Å²) in [6.45, 7) is 2.37. The van der Waals surface area contributed by atoms with Crippen molar-refractivity contribution in [2.45, 2.75) is 12.8 Å². The number of likely N-dealkylation sites (tertiary alicyclic amines) is 1. The van der Waals surface area contributed by atoms with E-state index in [0.717, 1.165) is 37.6 Å². The number of nitrogens with two attached hydrogens (primary N) is 1. The summed E-state index contributed by atoms with van der Waals surface area (Å²) >= 11 is 0. The molecule has 4 N–H and O–H groups in total. The summed E-state index contributed by atoms with van der Waals surface area (Å²) < 4.78 is 26.0. The summed E-state index contributed by atoms with van der Waals surface area (Å²) in [6.07, 6.45) is 1.69. The molecule has 2 rings (SSSR count). The molecule has 0 saturated carbocycles. The van der Waals surface area contributed by atoms with Gasteiger partial charge in [-0.1, -0.05) is 0 Å². The fraction of sp³-hybridized carbons (Fsp3) is 0.467. The van der Waals surface area contributed by atoms with Crippen molar-refractivity contribution in [3.8, 4) is 0 Å². The molecule has 1 aromatic carbocycles. The highest BCUT2D eigenvalue weighted by Gasteiger charge is 2.23. The third-order valence-corrected chi connectivity index (χ3v) is 3.74. The first-order valence-electron chi connectivity index (χ1n) is 7.46. The predicted molar refractivity (Wildman–Crippen MR) is 81.7 cm³/mol. The molecule has 8 heteroatoms. The molecule has 1 aromatic rings. The van der Waals surface area contributed by atoms with Gasteiger partial charge >= 0.3 is 6.03 Å². The largest absolute Gasteiger partial charge is 0.369 e. The van der Waals surface area contributed by atoms with Gasteiger partial charge in [0.25, 0.3) is 0 Å². The lowest BCUT2D eigenvalue weighted by Gasteiger charge is -2.31. The van der Waals surface area contributed by atoms with Crippen molar-refractivity contribution in [2.75, 3.05) is 31.5 Å². The molecule has 0 unspecified atom stereocenters. The Morgan fingerprint density at radius 3 is 2.61 bits per heavy atom. The van der Waals surface area contributed by atoms with Crippen LogP contribution in [0.1, 0.15) is 12.8 Å². The molecular formula is C15H20F2N4O2. The minimum atomic E-state index is -0.758. The molecular weight excluding hydrogens is 306 g/mol. The topological polar surface area (TPSA) is 87.5 Å². The molecule has 0 bridgehead atoms. The maximum atomic E-state index is 13.0. The lowest BCUT2D eigenvalue weighted by atomic mass is 9.97. The average molecular weight is 326 g/mol. The lowest BCUT2D eigenvalue weighted by molar-refractivity contribution is -0.123. The Labute approximate surface area is 133 Å². The molecule has 126 valence electrons. The third kappa shape index (κ3) is 5.48. The highest BCUT2D eigenvalue weighted by molar-refractivity contribution is 5.89. The van der Waals surface area contributed by atoms with E-state index in [4.69, 9.17) is 5.73 Å². The van der Waals surface area contributed by atoms with E-state index in [-0.39, 0.29) is 17.5 Å². The number of amides is 3. The van der Waals surface area contributed by atoms with E-state index in [0.29, 0.717) is 19.6 Å². The van der Waals surface area contributed by atoms with Gasteiger partial charge in [-0.3, -0.25) is 4.79 Å². The highest BCUT2D eigenvalue weighted by atomic mass is 19.1. The van der Waals surface area contributed by atoms with Crippen LogP contribution in [0.4, 0.5) is 19.3 Å². The van der Waals surface area contributed by atoms with Crippen LogP contribution in [0.5, 0.6) is 0 Å². The number of urea groups is 1.